The third-order valence-corrected chi connectivity index (χ3v) is 4.15. The number of benzene rings is 1. The molecule has 1 heterocycles. The molecule has 0 radical (unpaired) electrons. The Kier molecular flexibility index (Phi) is 6.47. The summed E-state index contributed by atoms with van der Waals surface area (Å²) in [7, 11) is 3.85. The first kappa shape index (κ1) is 20.5. The quantitative estimate of drug-likeness (QED) is 0.723. The summed E-state index contributed by atoms with van der Waals surface area (Å²) >= 11 is 3.43. The summed E-state index contributed by atoms with van der Waals surface area (Å²) in [5, 5.41) is 0.946. The zero-order chi connectivity index (χ0) is 19.5. The monoisotopic (exact) mass is 423 g/mol. The highest BCUT2D eigenvalue weighted by molar-refractivity contribution is 9.10. The number of hydrogen-bond donors (Lipinski definition) is 1. The van der Waals surface area contributed by atoms with Crippen LogP contribution in [0.15, 0.2) is 28.7 Å². The van der Waals surface area contributed by atoms with Crippen molar-refractivity contribution >= 4 is 38.7 Å². The first-order chi connectivity index (χ1) is 12.0. The summed E-state index contributed by atoms with van der Waals surface area (Å²) in [6.45, 7) is 6.44. The molecular formula is C19H26BrN3O3. The van der Waals surface area contributed by atoms with Gasteiger partial charge in [-0.15, -0.1) is 0 Å². The number of fused-ring (bicyclic) bond motifs is 1. The van der Waals surface area contributed by atoms with Gasteiger partial charge in [0.2, 0.25) is 0 Å². The van der Waals surface area contributed by atoms with Crippen molar-refractivity contribution < 1.29 is 14.3 Å². The van der Waals surface area contributed by atoms with Crippen LogP contribution in [0, 0.1) is 0 Å². The molecule has 142 valence electrons. The lowest BCUT2D eigenvalue weighted by Gasteiger charge is -2.26. The Balaban J connectivity index is 2.21. The molecule has 2 aromatic rings. The van der Waals surface area contributed by atoms with Gasteiger partial charge < -0.3 is 19.5 Å². The van der Waals surface area contributed by atoms with Gasteiger partial charge >= 0.3 is 5.97 Å². The number of aromatic nitrogens is 1. The number of esters is 1. The second-order valence-electron chi connectivity index (χ2n) is 7.53. The molecule has 26 heavy (non-hydrogen) atoms. The number of hydrogen-bond acceptors (Lipinski definition) is 4. The summed E-state index contributed by atoms with van der Waals surface area (Å²) < 4.78 is 6.31. The van der Waals surface area contributed by atoms with Crippen molar-refractivity contribution in [2.45, 2.75) is 26.4 Å². The molecule has 2 rings (SSSR count). The fourth-order valence-electron chi connectivity index (χ4n) is 2.49. The average molecular weight is 424 g/mol. The second kappa shape index (κ2) is 8.22. The molecule has 6 nitrogen and oxygen atoms in total. The number of carbonyl (C=O) groups is 2. The number of aromatic amines is 1. The van der Waals surface area contributed by atoms with Crippen LogP contribution in [-0.4, -0.2) is 66.0 Å². The van der Waals surface area contributed by atoms with Gasteiger partial charge in [-0.25, -0.2) is 0 Å². The van der Waals surface area contributed by atoms with E-state index >= 15 is 0 Å². The first-order valence-electron chi connectivity index (χ1n) is 8.49. The maximum atomic E-state index is 13.0. The van der Waals surface area contributed by atoms with E-state index in [0.29, 0.717) is 18.8 Å². The zero-order valence-electron chi connectivity index (χ0n) is 15.9. The molecule has 0 atom stereocenters. The standard InChI is InChI=1S/C19H26BrN3O3/c1-19(2,3)26-17(24)12-23(9-8-22(4)5)18(25)16-10-13-6-7-14(20)11-15(13)21-16/h6-7,10-11,21H,8-9,12H2,1-5H3. The van der Waals surface area contributed by atoms with Gasteiger partial charge in [-0.05, 0) is 53.1 Å². The number of amides is 1. The van der Waals surface area contributed by atoms with E-state index in [4.69, 9.17) is 4.74 Å². The van der Waals surface area contributed by atoms with E-state index in [-0.39, 0.29) is 12.5 Å². The van der Waals surface area contributed by atoms with Crippen molar-refractivity contribution in [1.29, 1.82) is 0 Å². The fourth-order valence-corrected chi connectivity index (χ4v) is 2.85. The van der Waals surface area contributed by atoms with Crippen LogP contribution in [0.4, 0.5) is 0 Å². The summed E-state index contributed by atoms with van der Waals surface area (Å²) in [5.74, 6) is -0.631. The first-order valence-corrected chi connectivity index (χ1v) is 9.28. The molecule has 1 aromatic heterocycles. The molecule has 1 aromatic carbocycles. The van der Waals surface area contributed by atoms with E-state index in [1.807, 2.05) is 64.0 Å². The van der Waals surface area contributed by atoms with Crippen LogP contribution in [0.1, 0.15) is 31.3 Å². The van der Waals surface area contributed by atoms with Gasteiger partial charge in [-0.3, -0.25) is 9.59 Å². The summed E-state index contributed by atoms with van der Waals surface area (Å²) in [5.41, 5.74) is 0.744. The largest absolute Gasteiger partial charge is 0.459 e. The lowest BCUT2D eigenvalue weighted by Crippen LogP contribution is -2.42. The zero-order valence-corrected chi connectivity index (χ0v) is 17.5. The molecule has 0 aliphatic rings. The third kappa shape index (κ3) is 5.85. The molecule has 7 heteroatoms. The minimum atomic E-state index is -0.583. The number of carbonyl (C=O) groups excluding carboxylic acids is 2. The molecular weight excluding hydrogens is 398 g/mol. The van der Waals surface area contributed by atoms with E-state index < -0.39 is 11.6 Å². The molecule has 0 unspecified atom stereocenters. The van der Waals surface area contributed by atoms with Crippen LogP contribution in [0.25, 0.3) is 10.9 Å². The SMILES string of the molecule is CN(C)CCN(CC(=O)OC(C)(C)C)C(=O)c1cc2ccc(Br)cc2[nH]1. The number of likely N-dealkylation sites (N-methyl/N-ethyl adjacent to an activating group) is 1. The lowest BCUT2D eigenvalue weighted by atomic mass is 10.2. The van der Waals surface area contributed by atoms with Crippen LogP contribution >= 0.6 is 15.9 Å². The molecule has 0 saturated carbocycles. The normalized spacial score (nSPS) is 11.8. The second-order valence-corrected chi connectivity index (χ2v) is 8.45. The summed E-state index contributed by atoms with van der Waals surface area (Å²) in [4.78, 5) is 31.8. The van der Waals surface area contributed by atoms with Gasteiger partial charge in [0.1, 0.15) is 17.8 Å². The van der Waals surface area contributed by atoms with E-state index in [1.165, 1.54) is 4.90 Å². The van der Waals surface area contributed by atoms with Crippen LogP contribution in [0.2, 0.25) is 0 Å². The smallest absolute Gasteiger partial charge is 0.326 e. The van der Waals surface area contributed by atoms with Gasteiger partial charge in [0.25, 0.3) is 5.91 Å². The predicted molar refractivity (Wildman–Crippen MR) is 106 cm³/mol. The predicted octanol–water partition coefficient (Wildman–Crippen LogP) is 3.28. The van der Waals surface area contributed by atoms with Crippen molar-refractivity contribution in [1.82, 2.24) is 14.8 Å². The number of halogens is 1. The summed E-state index contributed by atoms with van der Waals surface area (Å²) in [6.07, 6.45) is 0. The highest BCUT2D eigenvalue weighted by Gasteiger charge is 2.24. The Labute approximate surface area is 162 Å². The Bertz CT molecular complexity index is 793. The minimum Gasteiger partial charge on any atom is -0.459 e. The number of ether oxygens (including phenoxy) is 1. The Morgan fingerprint density at radius 3 is 2.46 bits per heavy atom. The maximum Gasteiger partial charge on any atom is 0.326 e. The number of nitrogens with one attached hydrogen (secondary N) is 1. The van der Waals surface area contributed by atoms with Crippen molar-refractivity contribution in [3.63, 3.8) is 0 Å². The molecule has 0 bridgehead atoms. The van der Waals surface area contributed by atoms with Gasteiger partial charge in [0.05, 0.1) is 0 Å². The van der Waals surface area contributed by atoms with Crippen LogP contribution in [0.5, 0.6) is 0 Å². The van der Waals surface area contributed by atoms with Crippen molar-refractivity contribution in [3.8, 4) is 0 Å². The van der Waals surface area contributed by atoms with E-state index in [1.54, 1.807) is 0 Å². The van der Waals surface area contributed by atoms with E-state index in [9.17, 15) is 9.59 Å². The van der Waals surface area contributed by atoms with Crippen molar-refractivity contribution in [2.24, 2.45) is 0 Å². The average Bonchev–Trinajstić information content (AvgIpc) is 2.91. The molecule has 0 fully saturated rings. The van der Waals surface area contributed by atoms with Gasteiger partial charge in [0.15, 0.2) is 0 Å². The summed E-state index contributed by atoms with van der Waals surface area (Å²) in [6, 6.07) is 7.59. The molecule has 0 saturated heterocycles. The van der Waals surface area contributed by atoms with E-state index in [0.717, 1.165) is 15.4 Å². The van der Waals surface area contributed by atoms with E-state index in [2.05, 4.69) is 20.9 Å². The number of rotatable bonds is 6. The third-order valence-electron chi connectivity index (χ3n) is 3.66. The highest BCUT2D eigenvalue weighted by atomic mass is 79.9. The lowest BCUT2D eigenvalue weighted by molar-refractivity contribution is -0.155. The van der Waals surface area contributed by atoms with Crippen LogP contribution < -0.4 is 0 Å². The Morgan fingerprint density at radius 1 is 1.15 bits per heavy atom. The molecule has 1 amide bonds. The number of H-pyrrole nitrogens is 1. The molecule has 0 aliphatic carbocycles. The Morgan fingerprint density at radius 2 is 1.85 bits per heavy atom. The van der Waals surface area contributed by atoms with Crippen LogP contribution in [-0.2, 0) is 9.53 Å². The maximum absolute atomic E-state index is 13.0. The van der Waals surface area contributed by atoms with Crippen molar-refractivity contribution in [3.05, 3.63) is 34.4 Å². The number of nitrogens with zero attached hydrogens (tertiary/aromatic N) is 2. The molecule has 1 N–H and O–H groups in total. The molecule has 0 spiro atoms. The van der Waals surface area contributed by atoms with Gasteiger partial charge in [-0.1, -0.05) is 22.0 Å². The van der Waals surface area contributed by atoms with Gasteiger partial charge in [0, 0.05) is 28.5 Å². The van der Waals surface area contributed by atoms with Crippen LogP contribution in [0.3, 0.4) is 0 Å². The minimum absolute atomic E-state index is 0.0804. The topological polar surface area (TPSA) is 65.6 Å². The fraction of sp³-hybridized carbons (Fsp3) is 0.474. The van der Waals surface area contributed by atoms with Crippen molar-refractivity contribution in [2.75, 3.05) is 33.7 Å². The molecule has 0 aliphatic heterocycles. The van der Waals surface area contributed by atoms with Gasteiger partial charge in [-0.2, -0.15) is 0 Å². The Hall–Kier alpha value is -1.86. The highest BCUT2D eigenvalue weighted by Crippen LogP contribution is 2.21.